The van der Waals surface area contributed by atoms with Crippen molar-refractivity contribution >= 4 is 0 Å². The highest BCUT2D eigenvalue weighted by Gasteiger charge is 2.10. The van der Waals surface area contributed by atoms with Gasteiger partial charge in [0.1, 0.15) is 11.9 Å². The highest BCUT2D eigenvalue weighted by molar-refractivity contribution is 5.30. The lowest BCUT2D eigenvalue weighted by Gasteiger charge is -2.20. The molecule has 0 aliphatic rings. The van der Waals surface area contributed by atoms with E-state index in [0.717, 1.165) is 31.7 Å². The number of hydrogen-bond donors (Lipinski definition) is 1. The molecule has 1 unspecified atom stereocenters. The summed E-state index contributed by atoms with van der Waals surface area (Å²) in [5.74, 6) is 2.23. The van der Waals surface area contributed by atoms with Crippen molar-refractivity contribution in [1.82, 2.24) is 5.32 Å². The van der Waals surface area contributed by atoms with Crippen LogP contribution in [0.4, 0.5) is 0 Å². The molecule has 0 radical (unpaired) electrons. The maximum Gasteiger partial charge on any atom is 0.120 e. The van der Waals surface area contributed by atoms with Crippen molar-refractivity contribution in [2.75, 3.05) is 13.1 Å². The Hall–Kier alpha value is -1.02. The zero-order valence-corrected chi connectivity index (χ0v) is 13.8. The number of rotatable bonds is 9. The third-order valence-electron chi connectivity index (χ3n) is 3.36. The molecule has 0 saturated carbocycles. The first kappa shape index (κ1) is 17.0. The molecule has 1 rings (SSSR count). The Morgan fingerprint density at radius 3 is 2.45 bits per heavy atom. The van der Waals surface area contributed by atoms with Crippen LogP contribution in [0.1, 0.15) is 58.9 Å². The van der Waals surface area contributed by atoms with Gasteiger partial charge in [-0.2, -0.15) is 0 Å². The molecule has 2 heteroatoms. The minimum atomic E-state index is 0.265. The van der Waals surface area contributed by atoms with Gasteiger partial charge in [0, 0.05) is 6.54 Å². The lowest BCUT2D eigenvalue weighted by molar-refractivity contribution is 0.185. The van der Waals surface area contributed by atoms with Crippen LogP contribution in [0.2, 0.25) is 0 Å². The summed E-state index contributed by atoms with van der Waals surface area (Å²) >= 11 is 0. The molecular formula is C18H31NO. The molecular weight excluding hydrogens is 246 g/mol. The molecule has 0 aromatic heterocycles. The topological polar surface area (TPSA) is 21.3 Å². The summed E-state index contributed by atoms with van der Waals surface area (Å²) in [5, 5.41) is 3.50. The van der Waals surface area contributed by atoms with E-state index in [9.17, 15) is 0 Å². The Balaban J connectivity index is 2.57. The second-order valence-electron chi connectivity index (χ2n) is 6.31. The Morgan fingerprint density at radius 1 is 1.10 bits per heavy atom. The summed E-state index contributed by atoms with van der Waals surface area (Å²) in [6, 6.07) is 8.51. The molecule has 1 N–H and O–H groups in total. The number of benzene rings is 1. The van der Waals surface area contributed by atoms with Crippen LogP contribution >= 0.6 is 0 Å². The van der Waals surface area contributed by atoms with Gasteiger partial charge in [-0.05, 0) is 42.5 Å². The maximum atomic E-state index is 6.17. The molecule has 0 saturated heterocycles. The molecule has 0 amide bonds. The van der Waals surface area contributed by atoms with Crippen LogP contribution in [-0.4, -0.2) is 19.2 Å². The first-order valence-corrected chi connectivity index (χ1v) is 8.00. The molecule has 1 aromatic rings. The third-order valence-corrected chi connectivity index (χ3v) is 3.36. The average molecular weight is 277 g/mol. The van der Waals surface area contributed by atoms with Crippen LogP contribution in [0.5, 0.6) is 5.75 Å². The average Bonchev–Trinajstić information content (AvgIpc) is 2.38. The van der Waals surface area contributed by atoms with Gasteiger partial charge in [0.2, 0.25) is 0 Å². The van der Waals surface area contributed by atoms with Gasteiger partial charge in [-0.1, -0.05) is 53.2 Å². The van der Waals surface area contributed by atoms with Crippen molar-refractivity contribution in [2.24, 2.45) is 5.92 Å². The van der Waals surface area contributed by atoms with Gasteiger partial charge < -0.3 is 10.1 Å². The van der Waals surface area contributed by atoms with Crippen molar-refractivity contribution in [2.45, 2.75) is 59.5 Å². The smallest absolute Gasteiger partial charge is 0.120 e. The van der Waals surface area contributed by atoms with Crippen LogP contribution in [0.25, 0.3) is 0 Å². The molecule has 20 heavy (non-hydrogen) atoms. The Bertz CT molecular complexity index is 373. The van der Waals surface area contributed by atoms with Crippen molar-refractivity contribution in [3.8, 4) is 5.75 Å². The minimum absolute atomic E-state index is 0.265. The highest BCUT2D eigenvalue weighted by atomic mass is 16.5. The van der Waals surface area contributed by atoms with Crippen molar-refractivity contribution in [3.05, 3.63) is 29.8 Å². The largest absolute Gasteiger partial charge is 0.489 e. The molecule has 2 nitrogen and oxygen atoms in total. The minimum Gasteiger partial charge on any atom is -0.489 e. The zero-order chi connectivity index (χ0) is 15.0. The van der Waals surface area contributed by atoms with Gasteiger partial charge in [-0.15, -0.1) is 0 Å². The van der Waals surface area contributed by atoms with Crippen LogP contribution in [-0.2, 0) is 0 Å². The number of nitrogens with one attached hydrogen (secondary N) is 1. The summed E-state index contributed by atoms with van der Waals surface area (Å²) in [7, 11) is 0. The van der Waals surface area contributed by atoms with Crippen molar-refractivity contribution < 1.29 is 4.74 Å². The molecule has 114 valence electrons. The molecule has 1 aromatic carbocycles. The van der Waals surface area contributed by atoms with Gasteiger partial charge in [0.15, 0.2) is 0 Å². The molecule has 1 atom stereocenters. The van der Waals surface area contributed by atoms with E-state index in [1.807, 2.05) is 0 Å². The first-order chi connectivity index (χ1) is 9.52. The lowest BCUT2D eigenvalue weighted by atomic mass is 10.0. The van der Waals surface area contributed by atoms with Crippen LogP contribution < -0.4 is 10.1 Å². The molecule has 0 aliphatic heterocycles. The fraction of sp³-hybridized carbons (Fsp3) is 0.667. The zero-order valence-electron chi connectivity index (χ0n) is 13.8. The van der Waals surface area contributed by atoms with Gasteiger partial charge in [0.05, 0.1) is 0 Å². The van der Waals surface area contributed by atoms with Crippen LogP contribution in [0, 0.1) is 5.92 Å². The number of ether oxygens (including phenoxy) is 1. The summed E-state index contributed by atoms with van der Waals surface area (Å²) in [5.41, 5.74) is 1.34. The van der Waals surface area contributed by atoms with E-state index in [1.165, 1.54) is 5.56 Å². The SMILES string of the molecule is CCCC(CNCC(C)C)Oc1cccc(C(C)C)c1. The lowest BCUT2D eigenvalue weighted by Crippen LogP contribution is -2.33. The van der Waals surface area contributed by atoms with E-state index in [0.29, 0.717) is 11.8 Å². The molecule has 0 heterocycles. The fourth-order valence-corrected chi connectivity index (χ4v) is 2.20. The predicted molar refractivity (Wildman–Crippen MR) is 87.6 cm³/mol. The van der Waals surface area contributed by atoms with Gasteiger partial charge in [-0.3, -0.25) is 0 Å². The second-order valence-corrected chi connectivity index (χ2v) is 6.31. The van der Waals surface area contributed by atoms with Crippen molar-refractivity contribution in [1.29, 1.82) is 0 Å². The summed E-state index contributed by atoms with van der Waals surface area (Å²) in [6.07, 6.45) is 2.51. The highest BCUT2D eigenvalue weighted by Crippen LogP contribution is 2.21. The Kier molecular flexibility index (Phi) is 7.68. The summed E-state index contributed by atoms with van der Waals surface area (Å²) < 4.78 is 6.17. The Labute approximate surface area is 124 Å². The fourth-order valence-electron chi connectivity index (χ4n) is 2.20. The van der Waals surface area contributed by atoms with E-state index in [2.05, 4.69) is 64.2 Å². The van der Waals surface area contributed by atoms with Crippen molar-refractivity contribution in [3.63, 3.8) is 0 Å². The van der Waals surface area contributed by atoms with Crippen LogP contribution in [0.15, 0.2) is 24.3 Å². The maximum absolute atomic E-state index is 6.17. The molecule has 0 bridgehead atoms. The molecule has 0 aliphatic carbocycles. The van der Waals surface area contributed by atoms with E-state index >= 15 is 0 Å². The quantitative estimate of drug-likeness (QED) is 0.712. The summed E-state index contributed by atoms with van der Waals surface area (Å²) in [4.78, 5) is 0. The number of hydrogen-bond acceptors (Lipinski definition) is 2. The van der Waals surface area contributed by atoms with E-state index in [4.69, 9.17) is 4.74 Å². The first-order valence-electron chi connectivity index (χ1n) is 8.00. The molecule has 0 fully saturated rings. The summed E-state index contributed by atoms with van der Waals surface area (Å²) in [6.45, 7) is 13.1. The van der Waals surface area contributed by atoms with E-state index in [1.54, 1.807) is 0 Å². The molecule has 0 spiro atoms. The standard InChI is InChI=1S/C18H31NO/c1-6-8-18(13-19-12-14(2)3)20-17-10-7-9-16(11-17)15(4)5/h7,9-11,14-15,18-19H,6,8,12-13H2,1-5H3. The van der Waals surface area contributed by atoms with E-state index in [-0.39, 0.29) is 6.10 Å². The Morgan fingerprint density at radius 2 is 1.85 bits per heavy atom. The van der Waals surface area contributed by atoms with E-state index < -0.39 is 0 Å². The van der Waals surface area contributed by atoms with Crippen LogP contribution in [0.3, 0.4) is 0 Å². The van der Waals surface area contributed by atoms with Gasteiger partial charge >= 0.3 is 0 Å². The monoisotopic (exact) mass is 277 g/mol. The second kappa shape index (κ2) is 9.02. The van der Waals surface area contributed by atoms with Gasteiger partial charge in [0.25, 0.3) is 0 Å². The third kappa shape index (κ3) is 6.42. The normalized spacial score (nSPS) is 12.9. The van der Waals surface area contributed by atoms with Gasteiger partial charge in [-0.25, -0.2) is 0 Å². The predicted octanol–water partition coefficient (Wildman–Crippen LogP) is 4.60.